The Bertz CT molecular complexity index is 530. The molecule has 0 fully saturated rings. The highest BCUT2D eigenvalue weighted by atomic mass is 16.5. The van der Waals surface area contributed by atoms with Gasteiger partial charge in [-0.2, -0.15) is 4.98 Å². The topological polar surface area (TPSA) is 59.9 Å². The molecule has 100 valence electrons. The Labute approximate surface area is 113 Å². The van der Waals surface area contributed by atoms with E-state index in [1.807, 2.05) is 13.0 Å². The van der Waals surface area contributed by atoms with Crippen LogP contribution in [0.3, 0.4) is 0 Å². The Morgan fingerprint density at radius 1 is 1.16 bits per heavy atom. The van der Waals surface area contributed by atoms with Crippen LogP contribution >= 0.6 is 0 Å². The summed E-state index contributed by atoms with van der Waals surface area (Å²) in [6, 6.07) is 5.78. The van der Waals surface area contributed by atoms with Crippen molar-refractivity contribution in [3.63, 3.8) is 0 Å². The maximum Gasteiger partial charge on any atom is 0.226 e. The normalized spacial score (nSPS) is 10.2. The third-order valence-corrected chi connectivity index (χ3v) is 2.70. The van der Waals surface area contributed by atoms with Crippen molar-refractivity contribution < 1.29 is 4.74 Å². The van der Waals surface area contributed by atoms with E-state index >= 15 is 0 Å². The SMILES string of the molecule is CCOc1ccnc(NCc2ncccc2CC)n1. The Kier molecular flexibility index (Phi) is 4.66. The molecule has 0 aromatic carbocycles. The van der Waals surface area contributed by atoms with Crippen molar-refractivity contribution in [2.24, 2.45) is 0 Å². The number of hydrogen-bond acceptors (Lipinski definition) is 5. The van der Waals surface area contributed by atoms with Gasteiger partial charge >= 0.3 is 0 Å². The molecule has 0 atom stereocenters. The van der Waals surface area contributed by atoms with Crippen LogP contribution in [0.15, 0.2) is 30.6 Å². The number of aromatic nitrogens is 3. The number of rotatable bonds is 6. The number of ether oxygens (including phenoxy) is 1. The van der Waals surface area contributed by atoms with Crippen molar-refractivity contribution in [2.45, 2.75) is 26.8 Å². The highest BCUT2D eigenvalue weighted by Crippen LogP contribution is 2.11. The van der Waals surface area contributed by atoms with Crippen molar-refractivity contribution >= 4 is 5.95 Å². The van der Waals surface area contributed by atoms with Gasteiger partial charge in [0, 0.05) is 18.5 Å². The van der Waals surface area contributed by atoms with Crippen molar-refractivity contribution in [1.82, 2.24) is 15.0 Å². The van der Waals surface area contributed by atoms with Crippen LogP contribution in [0.1, 0.15) is 25.1 Å². The summed E-state index contributed by atoms with van der Waals surface area (Å²) >= 11 is 0. The first-order valence-corrected chi connectivity index (χ1v) is 6.46. The molecule has 19 heavy (non-hydrogen) atoms. The van der Waals surface area contributed by atoms with Crippen LogP contribution in [0.4, 0.5) is 5.95 Å². The fourth-order valence-corrected chi connectivity index (χ4v) is 1.77. The first-order valence-electron chi connectivity index (χ1n) is 6.46. The molecule has 2 aromatic heterocycles. The molecule has 0 amide bonds. The molecule has 2 heterocycles. The fourth-order valence-electron chi connectivity index (χ4n) is 1.77. The molecule has 0 aliphatic carbocycles. The van der Waals surface area contributed by atoms with Crippen LogP contribution in [0.25, 0.3) is 0 Å². The van der Waals surface area contributed by atoms with Crippen molar-refractivity contribution in [3.8, 4) is 5.88 Å². The number of pyridine rings is 1. The molecular formula is C14H18N4O. The second kappa shape index (κ2) is 6.68. The smallest absolute Gasteiger partial charge is 0.226 e. The van der Waals surface area contributed by atoms with Crippen LogP contribution in [0.5, 0.6) is 5.88 Å². The minimum Gasteiger partial charge on any atom is -0.478 e. The molecule has 2 rings (SSSR count). The van der Waals surface area contributed by atoms with Gasteiger partial charge in [0.25, 0.3) is 0 Å². The van der Waals surface area contributed by atoms with E-state index in [0.29, 0.717) is 25.0 Å². The molecule has 5 heteroatoms. The average Bonchev–Trinajstić information content (AvgIpc) is 2.46. The first-order chi connectivity index (χ1) is 9.33. The van der Waals surface area contributed by atoms with E-state index in [2.05, 4.69) is 33.3 Å². The summed E-state index contributed by atoms with van der Waals surface area (Å²) in [6.07, 6.45) is 4.44. The summed E-state index contributed by atoms with van der Waals surface area (Å²) in [4.78, 5) is 12.8. The minimum absolute atomic E-state index is 0.554. The molecule has 0 aliphatic heterocycles. The molecule has 0 bridgehead atoms. The van der Waals surface area contributed by atoms with E-state index in [1.54, 1.807) is 18.5 Å². The van der Waals surface area contributed by atoms with E-state index < -0.39 is 0 Å². The van der Waals surface area contributed by atoms with Gasteiger partial charge in [-0.1, -0.05) is 13.0 Å². The van der Waals surface area contributed by atoms with Crippen LogP contribution in [-0.2, 0) is 13.0 Å². The third-order valence-electron chi connectivity index (χ3n) is 2.70. The van der Waals surface area contributed by atoms with Crippen molar-refractivity contribution in [1.29, 1.82) is 0 Å². The minimum atomic E-state index is 0.554. The zero-order valence-corrected chi connectivity index (χ0v) is 11.3. The maximum absolute atomic E-state index is 5.34. The Balaban J connectivity index is 2.03. The van der Waals surface area contributed by atoms with Gasteiger partial charge in [-0.15, -0.1) is 0 Å². The van der Waals surface area contributed by atoms with Gasteiger partial charge in [0.2, 0.25) is 11.8 Å². The maximum atomic E-state index is 5.34. The van der Waals surface area contributed by atoms with Crippen LogP contribution in [-0.4, -0.2) is 21.6 Å². The summed E-state index contributed by atoms with van der Waals surface area (Å²) in [5.74, 6) is 1.13. The standard InChI is InChI=1S/C14H18N4O/c1-3-11-6-5-8-15-12(11)10-17-14-16-9-7-13(18-14)19-4-2/h5-9H,3-4,10H2,1-2H3,(H,16,17,18). The molecule has 1 N–H and O–H groups in total. The van der Waals surface area contributed by atoms with E-state index in [-0.39, 0.29) is 0 Å². The van der Waals surface area contributed by atoms with Gasteiger partial charge < -0.3 is 10.1 Å². The van der Waals surface area contributed by atoms with Gasteiger partial charge in [-0.25, -0.2) is 4.98 Å². The Morgan fingerprint density at radius 3 is 2.84 bits per heavy atom. The Morgan fingerprint density at radius 2 is 2.05 bits per heavy atom. The second-order valence-corrected chi connectivity index (χ2v) is 3.97. The fraction of sp³-hybridized carbons (Fsp3) is 0.357. The average molecular weight is 258 g/mol. The molecular weight excluding hydrogens is 240 g/mol. The predicted octanol–water partition coefficient (Wildman–Crippen LogP) is 2.44. The van der Waals surface area contributed by atoms with Crippen molar-refractivity contribution in [3.05, 3.63) is 41.9 Å². The number of anilines is 1. The number of nitrogens with zero attached hydrogens (tertiary/aromatic N) is 3. The molecule has 0 saturated carbocycles. The molecule has 0 spiro atoms. The highest BCUT2D eigenvalue weighted by molar-refractivity contribution is 5.30. The Hall–Kier alpha value is -2.17. The van der Waals surface area contributed by atoms with Gasteiger partial charge in [0.05, 0.1) is 18.8 Å². The quantitative estimate of drug-likeness (QED) is 0.862. The predicted molar refractivity (Wildman–Crippen MR) is 74.1 cm³/mol. The lowest BCUT2D eigenvalue weighted by Crippen LogP contribution is -2.08. The molecule has 5 nitrogen and oxygen atoms in total. The molecule has 0 unspecified atom stereocenters. The van der Waals surface area contributed by atoms with Gasteiger partial charge in [0.1, 0.15) is 0 Å². The summed E-state index contributed by atoms with van der Waals surface area (Å²) in [7, 11) is 0. The molecule has 0 radical (unpaired) electrons. The summed E-state index contributed by atoms with van der Waals surface area (Å²) in [5.41, 5.74) is 2.26. The first kappa shape index (κ1) is 13.3. The van der Waals surface area contributed by atoms with E-state index in [4.69, 9.17) is 4.74 Å². The zero-order valence-electron chi connectivity index (χ0n) is 11.3. The van der Waals surface area contributed by atoms with Crippen LogP contribution < -0.4 is 10.1 Å². The number of hydrogen-bond donors (Lipinski definition) is 1. The van der Waals surface area contributed by atoms with Crippen molar-refractivity contribution in [2.75, 3.05) is 11.9 Å². The molecule has 0 saturated heterocycles. The third kappa shape index (κ3) is 3.64. The monoisotopic (exact) mass is 258 g/mol. The van der Waals surface area contributed by atoms with E-state index in [9.17, 15) is 0 Å². The van der Waals surface area contributed by atoms with E-state index in [1.165, 1.54) is 5.56 Å². The lowest BCUT2D eigenvalue weighted by atomic mass is 10.1. The summed E-state index contributed by atoms with van der Waals surface area (Å²) in [6.45, 7) is 5.25. The summed E-state index contributed by atoms with van der Waals surface area (Å²) in [5, 5.41) is 3.17. The number of aryl methyl sites for hydroxylation is 1. The van der Waals surface area contributed by atoms with Gasteiger partial charge in [0.15, 0.2) is 0 Å². The lowest BCUT2D eigenvalue weighted by Gasteiger charge is -2.08. The largest absolute Gasteiger partial charge is 0.478 e. The highest BCUT2D eigenvalue weighted by Gasteiger charge is 2.03. The van der Waals surface area contributed by atoms with Gasteiger partial charge in [-0.3, -0.25) is 4.98 Å². The number of nitrogens with one attached hydrogen (secondary N) is 1. The van der Waals surface area contributed by atoms with Crippen LogP contribution in [0, 0.1) is 0 Å². The summed E-state index contributed by atoms with van der Waals surface area (Å²) < 4.78 is 5.34. The second-order valence-electron chi connectivity index (χ2n) is 3.97. The van der Waals surface area contributed by atoms with E-state index in [0.717, 1.165) is 12.1 Å². The van der Waals surface area contributed by atoms with Crippen LogP contribution in [0.2, 0.25) is 0 Å². The lowest BCUT2D eigenvalue weighted by molar-refractivity contribution is 0.326. The molecule has 2 aromatic rings. The molecule has 0 aliphatic rings. The zero-order chi connectivity index (χ0) is 13.5. The van der Waals surface area contributed by atoms with Gasteiger partial charge in [-0.05, 0) is 25.0 Å².